The van der Waals surface area contributed by atoms with Crippen LogP contribution in [0.15, 0.2) is 42.5 Å². The minimum absolute atomic E-state index is 0.253. The summed E-state index contributed by atoms with van der Waals surface area (Å²) < 4.78 is 7.83. The molecule has 0 radical (unpaired) electrons. The van der Waals surface area contributed by atoms with Crippen LogP contribution in [0.2, 0.25) is 18.1 Å². The largest absolute Gasteiger partial charge is 0.415 e. The average Bonchev–Trinajstić information content (AvgIpc) is 2.90. The van der Waals surface area contributed by atoms with Gasteiger partial charge in [0.1, 0.15) is 0 Å². The molecule has 0 saturated carbocycles. The summed E-state index contributed by atoms with van der Waals surface area (Å²) in [6.07, 6.45) is 0. The molecule has 4 heteroatoms. The summed E-state index contributed by atoms with van der Waals surface area (Å²) in [5, 5.41) is 0.253. The lowest BCUT2D eigenvalue weighted by Crippen LogP contribution is -2.46. The molecule has 1 fully saturated rings. The van der Waals surface area contributed by atoms with E-state index in [1.807, 2.05) is 0 Å². The fourth-order valence-corrected chi connectivity index (χ4v) is 5.75. The van der Waals surface area contributed by atoms with Crippen LogP contribution in [-0.2, 0) is 11.0 Å². The third kappa shape index (κ3) is 5.21. The predicted molar refractivity (Wildman–Crippen MR) is 124 cm³/mol. The van der Waals surface area contributed by atoms with Crippen LogP contribution in [0.3, 0.4) is 0 Å². The van der Waals surface area contributed by atoms with Gasteiger partial charge in [-0.1, -0.05) is 85.8 Å². The zero-order valence-corrected chi connectivity index (χ0v) is 20.5. The number of likely N-dealkylation sites (tertiary alicyclic amines) is 1. The van der Waals surface area contributed by atoms with Gasteiger partial charge in [-0.15, -0.1) is 0 Å². The summed E-state index contributed by atoms with van der Waals surface area (Å²) in [5.41, 5.74) is 2.71. The zero-order chi connectivity index (χ0) is 19.5. The summed E-state index contributed by atoms with van der Waals surface area (Å²) in [6, 6.07) is 11.3. The maximum atomic E-state index is 6.67. The first kappa shape index (κ1) is 22.1. The van der Waals surface area contributed by atoms with Crippen molar-refractivity contribution in [3.63, 3.8) is 0 Å². The monoisotopic (exact) mass is 485 g/mol. The van der Waals surface area contributed by atoms with Crippen molar-refractivity contribution in [2.24, 2.45) is 11.8 Å². The first-order valence-electron chi connectivity index (χ1n) is 9.70. The number of nitrogens with zero attached hydrogens (tertiary/aromatic N) is 1. The lowest BCUT2D eigenvalue weighted by atomic mass is 9.88. The molecule has 1 aliphatic heterocycles. The summed E-state index contributed by atoms with van der Waals surface area (Å²) in [7, 11) is -1.74. The molecule has 0 unspecified atom stereocenters. The van der Waals surface area contributed by atoms with E-state index in [2.05, 4.69) is 105 Å². The molecule has 0 spiro atoms. The first-order chi connectivity index (χ1) is 12.1. The lowest BCUT2D eigenvalue weighted by molar-refractivity contribution is 0.139. The molecule has 1 aliphatic rings. The molecule has 2 rings (SSSR count). The molecule has 1 saturated heterocycles. The highest BCUT2D eigenvalue weighted by Crippen LogP contribution is 2.40. The van der Waals surface area contributed by atoms with E-state index < -0.39 is 8.32 Å². The van der Waals surface area contributed by atoms with Crippen LogP contribution in [0.25, 0.3) is 0 Å². The smallest absolute Gasteiger partial charge is 0.192 e. The Kier molecular flexibility index (Phi) is 7.56. The van der Waals surface area contributed by atoms with Gasteiger partial charge in [0.05, 0.1) is 0 Å². The average molecular weight is 486 g/mol. The maximum absolute atomic E-state index is 6.67. The zero-order valence-electron chi connectivity index (χ0n) is 17.4. The Balaban J connectivity index is 2.19. The fourth-order valence-electron chi connectivity index (χ4n) is 3.53. The summed E-state index contributed by atoms with van der Waals surface area (Å²) in [6.45, 7) is 21.1. The van der Waals surface area contributed by atoms with E-state index in [4.69, 9.17) is 4.43 Å². The minimum atomic E-state index is -1.74. The normalized spacial score (nSPS) is 24.8. The molecule has 1 aromatic carbocycles. The van der Waals surface area contributed by atoms with E-state index in [1.54, 1.807) is 0 Å². The standard InChI is InChI=1S/C22H36INOSi/c1-17(2)20-15-24(14-18-11-9-8-10-12-18)21(19(20)13-23)16-25-26(6,7)22(3,4)5/h8-12,19-21H,1,13-16H2,2-7H3/t19-,20+,21+/m0/s1. The van der Waals surface area contributed by atoms with Crippen LogP contribution in [0.5, 0.6) is 0 Å². The van der Waals surface area contributed by atoms with Crippen LogP contribution in [0.4, 0.5) is 0 Å². The molecule has 0 N–H and O–H groups in total. The molecule has 2 nitrogen and oxygen atoms in total. The number of benzene rings is 1. The highest BCUT2D eigenvalue weighted by Gasteiger charge is 2.44. The van der Waals surface area contributed by atoms with Gasteiger partial charge in [0.15, 0.2) is 8.32 Å². The lowest BCUT2D eigenvalue weighted by Gasteiger charge is -2.39. The molecule has 0 aliphatic carbocycles. The van der Waals surface area contributed by atoms with Gasteiger partial charge in [-0.3, -0.25) is 4.90 Å². The van der Waals surface area contributed by atoms with Crippen molar-refractivity contribution in [3.05, 3.63) is 48.0 Å². The molecule has 146 valence electrons. The molecular weight excluding hydrogens is 449 g/mol. The molecule has 1 aromatic rings. The third-order valence-corrected chi connectivity index (χ3v) is 11.9. The highest BCUT2D eigenvalue weighted by molar-refractivity contribution is 14.1. The van der Waals surface area contributed by atoms with E-state index in [0.29, 0.717) is 17.9 Å². The SMILES string of the molecule is C=C(C)[C@H]1CN(Cc2ccccc2)[C@H](CO[Si](C)(C)C(C)(C)C)[C@H]1CI. The van der Waals surface area contributed by atoms with Gasteiger partial charge in [0.2, 0.25) is 0 Å². The Morgan fingerprint density at radius 1 is 1.27 bits per heavy atom. The second kappa shape index (κ2) is 8.89. The van der Waals surface area contributed by atoms with Gasteiger partial charge < -0.3 is 4.43 Å². The van der Waals surface area contributed by atoms with Crippen molar-refractivity contribution < 1.29 is 4.43 Å². The number of alkyl halides is 1. The van der Waals surface area contributed by atoms with Gasteiger partial charge >= 0.3 is 0 Å². The van der Waals surface area contributed by atoms with E-state index in [9.17, 15) is 0 Å². The van der Waals surface area contributed by atoms with Crippen molar-refractivity contribution in [3.8, 4) is 0 Å². The Labute approximate surface area is 175 Å². The van der Waals surface area contributed by atoms with Crippen molar-refractivity contribution in [2.45, 2.75) is 58.4 Å². The first-order valence-corrected chi connectivity index (χ1v) is 14.1. The van der Waals surface area contributed by atoms with Gasteiger partial charge in [-0.05, 0) is 42.5 Å². The molecule has 0 aromatic heterocycles. The van der Waals surface area contributed by atoms with Crippen LogP contribution in [0.1, 0.15) is 33.3 Å². The van der Waals surface area contributed by atoms with Crippen LogP contribution < -0.4 is 0 Å². The van der Waals surface area contributed by atoms with E-state index in [-0.39, 0.29) is 5.04 Å². The van der Waals surface area contributed by atoms with Crippen LogP contribution in [-0.4, -0.2) is 36.8 Å². The summed E-state index contributed by atoms with van der Waals surface area (Å²) in [5.74, 6) is 1.20. The number of halogens is 1. The minimum Gasteiger partial charge on any atom is -0.415 e. The van der Waals surface area contributed by atoms with Gasteiger partial charge in [-0.2, -0.15) is 0 Å². The van der Waals surface area contributed by atoms with Crippen LogP contribution in [0, 0.1) is 11.8 Å². The summed E-state index contributed by atoms with van der Waals surface area (Å²) >= 11 is 2.56. The second-order valence-corrected chi connectivity index (χ2v) is 15.0. The molecular formula is C22H36INOSi. The Bertz CT molecular complexity index is 596. The number of rotatable bonds is 7. The Hall–Kier alpha value is -0.173. The quantitative estimate of drug-likeness (QED) is 0.199. The topological polar surface area (TPSA) is 12.5 Å². The molecule has 3 atom stereocenters. The van der Waals surface area contributed by atoms with Gasteiger partial charge in [-0.25, -0.2) is 0 Å². The van der Waals surface area contributed by atoms with E-state index in [1.165, 1.54) is 11.1 Å². The van der Waals surface area contributed by atoms with Gasteiger partial charge in [0, 0.05) is 30.2 Å². The molecule has 0 amide bonds. The van der Waals surface area contributed by atoms with Gasteiger partial charge in [0.25, 0.3) is 0 Å². The molecule has 26 heavy (non-hydrogen) atoms. The van der Waals surface area contributed by atoms with Crippen molar-refractivity contribution in [2.75, 3.05) is 17.6 Å². The Morgan fingerprint density at radius 2 is 1.88 bits per heavy atom. The number of hydrogen-bond acceptors (Lipinski definition) is 2. The van der Waals surface area contributed by atoms with Crippen molar-refractivity contribution >= 4 is 30.9 Å². The highest BCUT2D eigenvalue weighted by atomic mass is 127. The predicted octanol–water partition coefficient (Wildman–Crippen LogP) is 6.14. The Morgan fingerprint density at radius 3 is 2.38 bits per heavy atom. The van der Waals surface area contributed by atoms with Crippen molar-refractivity contribution in [1.29, 1.82) is 0 Å². The number of hydrogen-bond donors (Lipinski definition) is 0. The second-order valence-electron chi connectivity index (χ2n) is 9.32. The fraction of sp³-hybridized carbons (Fsp3) is 0.636. The molecule has 1 heterocycles. The van der Waals surface area contributed by atoms with Crippen LogP contribution >= 0.6 is 22.6 Å². The summed E-state index contributed by atoms with van der Waals surface area (Å²) in [4.78, 5) is 2.64. The van der Waals surface area contributed by atoms with E-state index >= 15 is 0 Å². The maximum Gasteiger partial charge on any atom is 0.192 e. The van der Waals surface area contributed by atoms with Crippen molar-refractivity contribution in [1.82, 2.24) is 4.90 Å². The van der Waals surface area contributed by atoms with E-state index in [0.717, 1.165) is 24.1 Å². The molecule has 0 bridgehead atoms. The third-order valence-electron chi connectivity index (χ3n) is 6.37.